The first kappa shape index (κ1) is 16.6. The molecule has 0 N–H and O–H groups in total. The predicted molar refractivity (Wildman–Crippen MR) is 86.9 cm³/mol. The van der Waals surface area contributed by atoms with E-state index in [1.165, 1.54) is 7.11 Å². The maximum absolute atomic E-state index is 12.2. The number of ether oxygens (including phenoxy) is 2. The standard InChI is InChI=1S/C17H22N4O3/c1-23-13-17(22)20-8-14(9-21-16(10-20)5-7-19-21)11-24-12-15-4-2-3-6-18-15/h2-7,14H,8-13H2,1H3/t14-/m0/s1. The van der Waals surface area contributed by atoms with Gasteiger partial charge in [-0.3, -0.25) is 14.5 Å². The summed E-state index contributed by atoms with van der Waals surface area (Å²) in [5.74, 6) is 0.164. The Balaban J connectivity index is 1.62. The molecule has 0 unspecified atom stereocenters. The van der Waals surface area contributed by atoms with Crippen LogP contribution >= 0.6 is 0 Å². The Bertz CT molecular complexity index is 659. The topological polar surface area (TPSA) is 69.5 Å². The zero-order chi connectivity index (χ0) is 16.8. The van der Waals surface area contributed by atoms with Crippen molar-refractivity contribution in [2.45, 2.75) is 19.7 Å². The van der Waals surface area contributed by atoms with E-state index in [9.17, 15) is 4.79 Å². The van der Waals surface area contributed by atoms with Crippen LogP contribution in [0.2, 0.25) is 0 Å². The second-order valence-corrected chi connectivity index (χ2v) is 5.91. The first-order valence-corrected chi connectivity index (χ1v) is 8.01. The normalized spacial score (nSPS) is 17.4. The third-order valence-corrected chi connectivity index (χ3v) is 4.02. The maximum atomic E-state index is 12.2. The highest BCUT2D eigenvalue weighted by atomic mass is 16.5. The zero-order valence-electron chi connectivity index (χ0n) is 13.8. The van der Waals surface area contributed by atoms with Crippen LogP contribution in [-0.2, 0) is 34.0 Å². The van der Waals surface area contributed by atoms with Gasteiger partial charge >= 0.3 is 0 Å². The van der Waals surface area contributed by atoms with Gasteiger partial charge in [0.05, 0.1) is 31.1 Å². The van der Waals surface area contributed by atoms with Crippen LogP contribution in [0, 0.1) is 5.92 Å². The van der Waals surface area contributed by atoms with E-state index >= 15 is 0 Å². The minimum Gasteiger partial charge on any atom is -0.375 e. The van der Waals surface area contributed by atoms with E-state index in [0.717, 1.165) is 17.9 Å². The van der Waals surface area contributed by atoms with E-state index < -0.39 is 0 Å². The van der Waals surface area contributed by atoms with Crippen molar-refractivity contribution in [1.29, 1.82) is 0 Å². The van der Waals surface area contributed by atoms with E-state index in [-0.39, 0.29) is 18.4 Å². The summed E-state index contributed by atoms with van der Waals surface area (Å²) < 4.78 is 12.8. The van der Waals surface area contributed by atoms with Gasteiger partial charge in [0.15, 0.2) is 0 Å². The molecule has 24 heavy (non-hydrogen) atoms. The van der Waals surface area contributed by atoms with Gasteiger partial charge in [-0.15, -0.1) is 0 Å². The first-order chi connectivity index (χ1) is 11.8. The van der Waals surface area contributed by atoms with Gasteiger partial charge in [0.2, 0.25) is 5.91 Å². The van der Waals surface area contributed by atoms with E-state index in [0.29, 0.717) is 26.3 Å². The van der Waals surface area contributed by atoms with Crippen molar-refractivity contribution >= 4 is 5.91 Å². The predicted octanol–water partition coefficient (Wildman–Crippen LogP) is 1.10. The Morgan fingerprint density at radius 2 is 2.21 bits per heavy atom. The van der Waals surface area contributed by atoms with Crippen LogP contribution in [0.3, 0.4) is 0 Å². The Hall–Kier alpha value is -2.25. The molecular formula is C17H22N4O3. The summed E-state index contributed by atoms with van der Waals surface area (Å²) in [6.07, 6.45) is 3.52. The smallest absolute Gasteiger partial charge is 0.248 e. The number of fused-ring (bicyclic) bond motifs is 1. The molecule has 0 bridgehead atoms. The van der Waals surface area contributed by atoms with Crippen LogP contribution in [0.1, 0.15) is 11.4 Å². The molecule has 2 aromatic heterocycles. The number of methoxy groups -OCH3 is 1. The third kappa shape index (κ3) is 4.18. The molecule has 7 heteroatoms. The molecule has 3 rings (SSSR count). The summed E-state index contributed by atoms with van der Waals surface area (Å²) in [6.45, 7) is 3.03. The number of nitrogens with zero attached hydrogens (tertiary/aromatic N) is 4. The molecule has 7 nitrogen and oxygen atoms in total. The van der Waals surface area contributed by atoms with Gasteiger partial charge in [-0.2, -0.15) is 5.10 Å². The molecule has 2 aromatic rings. The molecule has 0 spiro atoms. The molecular weight excluding hydrogens is 308 g/mol. The number of amides is 1. The molecule has 1 amide bonds. The number of hydrogen-bond donors (Lipinski definition) is 0. The quantitative estimate of drug-likeness (QED) is 0.793. The minimum atomic E-state index is -0.0122. The molecule has 0 saturated carbocycles. The van der Waals surface area contributed by atoms with Crippen LogP contribution in [0.4, 0.5) is 0 Å². The minimum absolute atomic E-state index is 0.0122. The van der Waals surface area contributed by atoms with Crippen LogP contribution in [0.25, 0.3) is 0 Å². The van der Waals surface area contributed by atoms with Gasteiger partial charge in [0.25, 0.3) is 0 Å². The molecule has 0 fully saturated rings. The highest BCUT2D eigenvalue weighted by Gasteiger charge is 2.25. The lowest BCUT2D eigenvalue weighted by Gasteiger charge is -2.23. The van der Waals surface area contributed by atoms with Crippen molar-refractivity contribution in [3.05, 3.63) is 48.0 Å². The van der Waals surface area contributed by atoms with E-state index in [1.807, 2.05) is 33.8 Å². The second-order valence-electron chi connectivity index (χ2n) is 5.91. The van der Waals surface area contributed by atoms with Crippen LogP contribution in [0.5, 0.6) is 0 Å². The SMILES string of the molecule is COCC(=O)N1Cc2ccnn2C[C@@H](COCc2ccccn2)C1. The van der Waals surface area contributed by atoms with Crippen molar-refractivity contribution in [1.82, 2.24) is 19.7 Å². The Labute approximate surface area is 141 Å². The highest BCUT2D eigenvalue weighted by Crippen LogP contribution is 2.17. The third-order valence-electron chi connectivity index (χ3n) is 4.02. The van der Waals surface area contributed by atoms with Gasteiger partial charge in [-0.1, -0.05) is 6.07 Å². The van der Waals surface area contributed by atoms with Crippen molar-refractivity contribution < 1.29 is 14.3 Å². The molecule has 0 saturated heterocycles. The molecule has 0 aliphatic carbocycles. The Kier molecular flexibility index (Phi) is 5.55. The van der Waals surface area contributed by atoms with Crippen LogP contribution in [-0.4, -0.2) is 52.4 Å². The molecule has 3 heterocycles. The van der Waals surface area contributed by atoms with Crippen molar-refractivity contribution in [2.75, 3.05) is 26.9 Å². The van der Waals surface area contributed by atoms with Gasteiger partial charge in [0, 0.05) is 38.5 Å². The summed E-state index contributed by atoms with van der Waals surface area (Å²) in [5, 5.41) is 4.35. The van der Waals surface area contributed by atoms with E-state index in [2.05, 4.69) is 10.1 Å². The second kappa shape index (κ2) is 8.03. The largest absolute Gasteiger partial charge is 0.375 e. The average molecular weight is 330 g/mol. The molecule has 0 aromatic carbocycles. The first-order valence-electron chi connectivity index (χ1n) is 8.01. The molecule has 0 radical (unpaired) electrons. The van der Waals surface area contributed by atoms with Crippen molar-refractivity contribution in [3.8, 4) is 0 Å². The van der Waals surface area contributed by atoms with Gasteiger partial charge in [-0.05, 0) is 18.2 Å². The van der Waals surface area contributed by atoms with Gasteiger partial charge in [0.1, 0.15) is 6.61 Å². The van der Waals surface area contributed by atoms with Gasteiger partial charge in [-0.25, -0.2) is 0 Å². The summed E-state index contributed by atoms with van der Waals surface area (Å²) in [4.78, 5) is 18.3. The fraction of sp³-hybridized carbons (Fsp3) is 0.471. The van der Waals surface area contributed by atoms with Crippen molar-refractivity contribution in [2.24, 2.45) is 5.92 Å². The average Bonchev–Trinajstić information content (AvgIpc) is 2.94. The lowest BCUT2D eigenvalue weighted by molar-refractivity contribution is -0.136. The highest BCUT2D eigenvalue weighted by molar-refractivity contribution is 5.77. The summed E-state index contributed by atoms with van der Waals surface area (Å²) >= 11 is 0. The molecule has 1 atom stereocenters. The Morgan fingerprint density at radius 3 is 3.00 bits per heavy atom. The number of carbonyl (C=O) groups excluding carboxylic acids is 1. The molecule has 1 aliphatic heterocycles. The lowest BCUT2D eigenvalue weighted by atomic mass is 10.1. The maximum Gasteiger partial charge on any atom is 0.248 e. The van der Waals surface area contributed by atoms with E-state index in [1.54, 1.807) is 12.4 Å². The lowest BCUT2D eigenvalue weighted by Crippen LogP contribution is -2.37. The number of rotatable bonds is 6. The number of aromatic nitrogens is 3. The van der Waals surface area contributed by atoms with Crippen LogP contribution in [0.15, 0.2) is 36.7 Å². The summed E-state index contributed by atoms with van der Waals surface area (Å²) in [6, 6.07) is 7.71. The number of pyridine rings is 1. The van der Waals surface area contributed by atoms with E-state index in [4.69, 9.17) is 9.47 Å². The molecule has 128 valence electrons. The summed E-state index contributed by atoms with van der Waals surface area (Å²) in [5.41, 5.74) is 1.94. The molecule has 1 aliphatic rings. The van der Waals surface area contributed by atoms with Crippen molar-refractivity contribution in [3.63, 3.8) is 0 Å². The summed E-state index contributed by atoms with van der Waals surface area (Å²) in [7, 11) is 1.54. The van der Waals surface area contributed by atoms with Crippen LogP contribution < -0.4 is 0 Å². The fourth-order valence-electron chi connectivity index (χ4n) is 2.86. The zero-order valence-corrected chi connectivity index (χ0v) is 13.8. The Morgan fingerprint density at radius 1 is 1.29 bits per heavy atom. The monoisotopic (exact) mass is 330 g/mol. The fourth-order valence-corrected chi connectivity index (χ4v) is 2.86. The van der Waals surface area contributed by atoms with Gasteiger partial charge < -0.3 is 14.4 Å². The number of carbonyl (C=O) groups is 1. The number of hydrogen-bond acceptors (Lipinski definition) is 5.